The van der Waals surface area contributed by atoms with E-state index in [9.17, 15) is 0 Å². The predicted molar refractivity (Wildman–Crippen MR) is 267 cm³/mol. The average molecular weight is 802 g/mol. The van der Waals surface area contributed by atoms with Crippen LogP contribution in [0.15, 0.2) is 243 Å². The minimum Gasteiger partial charge on any atom is -0.309 e. The van der Waals surface area contributed by atoms with Crippen molar-refractivity contribution in [2.45, 2.75) is 12.3 Å². The molecule has 1 nitrogen and oxygen atoms in total. The highest BCUT2D eigenvalue weighted by Crippen LogP contribution is 2.57. The zero-order valence-electron chi connectivity index (χ0n) is 35.0. The fourth-order valence-electron chi connectivity index (χ4n) is 10.6. The van der Waals surface area contributed by atoms with E-state index in [0.29, 0.717) is 0 Å². The summed E-state index contributed by atoms with van der Waals surface area (Å²) in [6.07, 6.45) is 0. The van der Waals surface area contributed by atoms with Gasteiger partial charge in [-0.3, -0.25) is 0 Å². The minimum atomic E-state index is -0.308. The zero-order valence-corrected chi connectivity index (χ0v) is 35.0. The lowest BCUT2D eigenvalue weighted by atomic mass is 9.74. The van der Waals surface area contributed by atoms with Crippen molar-refractivity contribution in [3.63, 3.8) is 0 Å². The van der Waals surface area contributed by atoms with Gasteiger partial charge in [-0.05, 0) is 120 Å². The molecule has 0 spiro atoms. The first kappa shape index (κ1) is 36.8. The number of benzene rings is 11. The quantitative estimate of drug-likeness (QED) is 0.145. The van der Waals surface area contributed by atoms with Crippen LogP contribution in [0.1, 0.15) is 23.6 Å². The molecule has 0 radical (unpaired) electrons. The van der Waals surface area contributed by atoms with Crippen molar-refractivity contribution >= 4 is 49.4 Å². The molecule has 0 heterocycles. The van der Waals surface area contributed by atoms with E-state index < -0.39 is 0 Å². The second-order valence-corrected chi connectivity index (χ2v) is 16.9. The van der Waals surface area contributed by atoms with Crippen molar-refractivity contribution in [2.24, 2.45) is 0 Å². The van der Waals surface area contributed by atoms with Crippen LogP contribution in [0, 0.1) is 0 Å². The third-order valence-electron chi connectivity index (χ3n) is 13.5. The molecule has 0 saturated heterocycles. The van der Waals surface area contributed by atoms with Crippen LogP contribution in [0.25, 0.3) is 76.8 Å². The van der Waals surface area contributed by atoms with E-state index in [2.05, 4.69) is 254 Å². The van der Waals surface area contributed by atoms with Crippen LogP contribution in [0.3, 0.4) is 0 Å². The van der Waals surface area contributed by atoms with Gasteiger partial charge in [0.05, 0.1) is 11.4 Å². The summed E-state index contributed by atoms with van der Waals surface area (Å²) in [4.78, 5) is 2.49. The highest BCUT2D eigenvalue weighted by molar-refractivity contribution is 6.22. The summed E-state index contributed by atoms with van der Waals surface area (Å²) in [5.41, 5.74) is 17.0. The van der Waals surface area contributed by atoms with Crippen LogP contribution < -0.4 is 4.90 Å². The molecule has 296 valence electrons. The van der Waals surface area contributed by atoms with Gasteiger partial charge in [0.25, 0.3) is 0 Å². The Morgan fingerprint density at radius 2 is 0.841 bits per heavy atom. The van der Waals surface area contributed by atoms with E-state index in [4.69, 9.17) is 0 Å². The van der Waals surface area contributed by atoms with Gasteiger partial charge in [0, 0.05) is 22.1 Å². The van der Waals surface area contributed by atoms with Crippen LogP contribution >= 0.6 is 0 Å². The van der Waals surface area contributed by atoms with E-state index in [1.807, 2.05) is 0 Å². The van der Waals surface area contributed by atoms with E-state index in [-0.39, 0.29) is 5.41 Å². The number of anilines is 3. The third kappa shape index (κ3) is 5.85. The molecule has 1 aliphatic rings. The van der Waals surface area contributed by atoms with Crippen LogP contribution in [0.2, 0.25) is 0 Å². The first-order valence-electron chi connectivity index (χ1n) is 21.9. The minimum absolute atomic E-state index is 0.308. The van der Waals surface area contributed by atoms with Gasteiger partial charge in [-0.15, -0.1) is 0 Å². The molecule has 0 saturated carbocycles. The second-order valence-electron chi connectivity index (χ2n) is 16.9. The van der Waals surface area contributed by atoms with Crippen LogP contribution in [0.4, 0.5) is 17.1 Å². The number of hydrogen-bond donors (Lipinski definition) is 0. The van der Waals surface area contributed by atoms with Crippen LogP contribution in [-0.2, 0) is 5.41 Å². The highest BCUT2D eigenvalue weighted by Gasteiger charge is 2.42. The van der Waals surface area contributed by atoms with E-state index in [0.717, 1.165) is 11.4 Å². The van der Waals surface area contributed by atoms with Gasteiger partial charge in [-0.2, -0.15) is 0 Å². The van der Waals surface area contributed by atoms with Gasteiger partial charge < -0.3 is 4.90 Å². The molecule has 1 aliphatic carbocycles. The normalized spacial score (nSPS) is 14.2. The molecule has 0 aromatic heterocycles. The summed E-state index contributed by atoms with van der Waals surface area (Å²) in [6, 6.07) is 89.3. The fourth-order valence-corrected chi connectivity index (χ4v) is 10.6. The number of nitrogens with zero attached hydrogens (tertiary/aromatic N) is 1. The van der Waals surface area contributed by atoms with Crippen LogP contribution in [-0.4, -0.2) is 0 Å². The monoisotopic (exact) mass is 801 g/mol. The Hall–Kier alpha value is -8.00. The van der Waals surface area contributed by atoms with Gasteiger partial charge >= 0.3 is 0 Å². The third-order valence-corrected chi connectivity index (χ3v) is 13.5. The predicted octanol–water partition coefficient (Wildman–Crippen LogP) is 17.0. The first-order chi connectivity index (χ1) is 31.2. The second kappa shape index (κ2) is 14.9. The van der Waals surface area contributed by atoms with Gasteiger partial charge in [-0.1, -0.05) is 212 Å². The van der Waals surface area contributed by atoms with E-state index >= 15 is 0 Å². The Labute approximate surface area is 368 Å². The van der Waals surface area contributed by atoms with Gasteiger partial charge in [0.15, 0.2) is 0 Å². The lowest BCUT2D eigenvalue weighted by Crippen LogP contribution is -2.22. The maximum Gasteiger partial charge on any atom is 0.0543 e. The van der Waals surface area contributed by atoms with Crippen molar-refractivity contribution in [1.82, 2.24) is 0 Å². The summed E-state index contributed by atoms with van der Waals surface area (Å²) in [6.45, 7) is 2.40. The zero-order chi connectivity index (χ0) is 41.9. The molecule has 1 atom stereocenters. The SMILES string of the molecule is CC1(c2ccccc2)c2ccccc2-c2c(N(c3ccc(-c4ccc5c(c4)c(-c4ccccc4)c(-c4ccccc4)c4ccccc45)cc3)c3cccc4ccccc34)cccc21. The summed E-state index contributed by atoms with van der Waals surface area (Å²) in [7, 11) is 0. The van der Waals surface area contributed by atoms with Crippen molar-refractivity contribution in [1.29, 1.82) is 0 Å². The van der Waals surface area contributed by atoms with Crippen molar-refractivity contribution in [3.05, 3.63) is 259 Å². The summed E-state index contributed by atoms with van der Waals surface area (Å²) >= 11 is 0. The number of rotatable bonds is 7. The largest absolute Gasteiger partial charge is 0.309 e. The molecule has 12 rings (SSSR count). The maximum atomic E-state index is 2.49. The molecule has 0 amide bonds. The average Bonchev–Trinajstić information content (AvgIpc) is 3.63. The van der Waals surface area contributed by atoms with Gasteiger partial charge in [0.1, 0.15) is 0 Å². The summed E-state index contributed by atoms with van der Waals surface area (Å²) < 4.78 is 0. The van der Waals surface area contributed by atoms with Gasteiger partial charge in [0.2, 0.25) is 0 Å². The smallest absolute Gasteiger partial charge is 0.0543 e. The maximum absolute atomic E-state index is 2.49. The Balaban J connectivity index is 1.06. The molecule has 1 unspecified atom stereocenters. The lowest BCUT2D eigenvalue weighted by molar-refractivity contribution is 0.714. The fraction of sp³-hybridized carbons (Fsp3) is 0.0323. The topological polar surface area (TPSA) is 3.24 Å². The Morgan fingerprint density at radius 3 is 1.59 bits per heavy atom. The van der Waals surface area contributed by atoms with Crippen molar-refractivity contribution < 1.29 is 0 Å². The Kier molecular flexibility index (Phi) is 8.69. The number of hydrogen-bond acceptors (Lipinski definition) is 1. The molecular weight excluding hydrogens is 759 g/mol. The molecule has 1 heteroatoms. The van der Waals surface area contributed by atoms with Crippen LogP contribution in [0.5, 0.6) is 0 Å². The van der Waals surface area contributed by atoms with Crippen molar-refractivity contribution in [2.75, 3.05) is 4.90 Å². The molecule has 11 aromatic carbocycles. The molecule has 0 aliphatic heterocycles. The van der Waals surface area contributed by atoms with E-state index in [1.165, 1.54) is 99.2 Å². The first-order valence-corrected chi connectivity index (χ1v) is 21.9. The van der Waals surface area contributed by atoms with E-state index in [1.54, 1.807) is 0 Å². The molecule has 0 N–H and O–H groups in total. The standard InChI is InChI=1S/C62H43N/c1-62(47-25-9-4-10-26-47)55-31-16-15-30-53(55)61-56(62)32-18-34-58(61)63(57-33-17-24-43-19-11-12-27-49(43)57)48-38-35-42(36-39-48)46-37-40-51-50-28-13-14-29-52(50)59(44-20-5-2-6-21-44)60(54(51)41-46)45-22-7-3-8-23-45/h2-41H,1H3. The van der Waals surface area contributed by atoms with Crippen molar-refractivity contribution in [3.8, 4) is 44.5 Å². The highest BCUT2D eigenvalue weighted by atomic mass is 15.1. The van der Waals surface area contributed by atoms with Gasteiger partial charge in [-0.25, -0.2) is 0 Å². The molecule has 11 aromatic rings. The summed E-state index contributed by atoms with van der Waals surface area (Å²) in [5, 5.41) is 7.46. The molecule has 0 fully saturated rings. The Bertz CT molecular complexity index is 3490. The molecule has 0 bridgehead atoms. The lowest BCUT2D eigenvalue weighted by Gasteiger charge is -2.31. The Morgan fingerprint density at radius 1 is 0.317 bits per heavy atom. The number of fused-ring (bicyclic) bond motifs is 7. The summed E-state index contributed by atoms with van der Waals surface area (Å²) in [5.74, 6) is 0. The molecular formula is C62H43N. The molecule has 63 heavy (non-hydrogen) atoms.